The highest BCUT2D eigenvalue weighted by atomic mass is 16.4. The minimum Gasteiger partial charge on any atom is -0.480 e. The van der Waals surface area contributed by atoms with E-state index in [2.05, 4.69) is 24.3 Å². The van der Waals surface area contributed by atoms with Gasteiger partial charge in [-0.2, -0.15) is 5.10 Å². The fraction of sp³-hybridized carbons (Fsp3) is 0.643. The van der Waals surface area contributed by atoms with E-state index in [0.717, 1.165) is 19.4 Å². The maximum absolute atomic E-state index is 12.0. The second-order valence-electron chi connectivity index (χ2n) is 5.35. The topological polar surface area (TPSA) is 84.2 Å². The SMILES string of the molecule is CCCC[C@H](NC(=O)c1cnn(CC(C)C)c1)C(=O)O. The summed E-state index contributed by atoms with van der Waals surface area (Å²) in [6, 6.07) is -0.837. The minimum absolute atomic E-state index is 0.386. The van der Waals surface area contributed by atoms with Gasteiger partial charge in [0.1, 0.15) is 6.04 Å². The minimum atomic E-state index is -0.999. The summed E-state index contributed by atoms with van der Waals surface area (Å²) >= 11 is 0. The van der Waals surface area contributed by atoms with Crippen molar-refractivity contribution in [3.8, 4) is 0 Å². The fourth-order valence-corrected chi connectivity index (χ4v) is 1.86. The summed E-state index contributed by atoms with van der Waals surface area (Å²) in [6.45, 7) is 6.83. The number of nitrogens with zero attached hydrogens (tertiary/aromatic N) is 2. The summed E-state index contributed by atoms with van der Waals surface area (Å²) in [5, 5.41) is 15.7. The highest BCUT2D eigenvalue weighted by Crippen LogP contribution is 2.05. The van der Waals surface area contributed by atoms with Crippen molar-refractivity contribution >= 4 is 11.9 Å². The maximum atomic E-state index is 12.0. The lowest BCUT2D eigenvalue weighted by atomic mass is 10.1. The van der Waals surface area contributed by atoms with Gasteiger partial charge < -0.3 is 10.4 Å². The lowest BCUT2D eigenvalue weighted by Crippen LogP contribution is -2.40. The predicted molar refractivity (Wildman–Crippen MR) is 75.5 cm³/mol. The highest BCUT2D eigenvalue weighted by Gasteiger charge is 2.20. The first-order valence-corrected chi connectivity index (χ1v) is 7.00. The molecule has 112 valence electrons. The van der Waals surface area contributed by atoms with E-state index >= 15 is 0 Å². The molecule has 6 heteroatoms. The first-order chi connectivity index (χ1) is 9.43. The second kappa shape index (κ2) is 7.67. The average molecular weight is 281 g/mol. The van der Waals surface area contributed by atoms with Gasteiger partial charge in [0.05, 0.1) is 11.8 Å². The van der Waals surface area contributed by atoms with Crippen LogP contribution in [0.1, 0.15) is 50.4 Å². The van der Waals surface area contributed by atoms with Crippen molar-refractivity contribution in [2.45, 2.75) is 52.6 Å². The molecule has 0 aliphatic rings. The Morgan fingerprint density at radius 1 is 1.45 bits per heavy atom. The molecule has 0 unspecified atom stereocenters. The molecule has 1 aromatic rings. The van der Waals surface area contributed by atoms with Crippen molar-refractivity contribution in [1.82, 2.24) is 15.1 Å². The van der Waals surface area contributed by atoms with Crippen molar-refractivity contribution in [1.29, 1.82) is 0 Å². The Labute approximate surface area is 119 Å². The summed E-state index contributed by atoms with van der Waals surface area (Å²) in [4.78, 5) is 23.1. The molecule has 1 atom stereocenters. The standard InChI is InChI=1S/C14H23N3O3/c1-4-5-6-12(14(19)20)16-13(18)11-7-15-17(9-11)8-10(2)3/h7,9-10,12H,4-6,8H2,1-3H3,(H,16,18)(H,19,20)/t12-/m0/s1. The van der Waals surface area contributed by atoms with Crippen LogP contribution in [0.15, 0.2) is 12.4 Å². The largest absolute Gasteiger partial charge is 0.480 e. The van der Waals surface area contributed by atoms with Gasteiger partial charge in [-0.05, 0) is 12.3 Å². The third-order valence-corrected chi connectivity index (χ3v) is 2.90. The number of hydrogen-bond donors (Lipinski definition) is 2. The number of unbranched alkanes of at least 4 members (excludes halogenated alkanes) is 1. The van der Waals surface area contributed by atoms with Crippen LogP contribution in [-0.2, 0) is 11.3 Å². The first kappa shape index (κ1) is 16.2. The molecule has 1 aromatic heterocycles. The Bertz CT molecular complexity index is 454. The number of aliphatic carboxylic acids is 1. The van der Waals surface area contributed by atoms with Gasteiger partial charge in [0.2, 0.25) is 0 Å². The lowest BCUT2D eigenvalue weighted by molar-refractivity contribution is -0.139. The van der Waals surface area contributed by atoms with Gasteiger partial charge >= 0.3 is 5.97 Å². The molecule has 0 saturated carbocycles. The Morgan fingerprint density at radius 2 is 2.15 bits per heavy atom. The van der Waals surface area contributed by atoms with E-state index in [1.807, 2.05) is 6.92 Å². The fourth-order valence-electron chi connectivity index (χ4n) is 1.86. The van der Waals surface area contributed by atoms with Crippen LogP contribution in [0.3, 0.4) is 0 Å². The number of amides is 1. The first-order valence-electron chi connectivity index (χ1n) is 7.00. The zero-order chi connectivity index (χ0) is 15.1. The average Bonchev–Trinajstić information content (AvgIpc) is 2.81. The van der Waals surface area contributed by atoms with Gasteiger partial charge in [0, 0.05) is 12.7 Å². The van der Waals surface area contributed by atoms with Crippen molar-refractivity contribution in [3.63, 3.8) is 0 Å². The van der Waals surface area contributed by atoms with Crippen LogP contribution in [0, 0.1) is 5.92 Å². The van der Waals surface area contributed by atoms with E-state index in [4.69, 9.17) is 5.11 Å². The lowest BCUT2D eigenvalue weighted by Gasteiger charge is -2.13. The van der Waals surface area contributed by atoms with Crippen molar-refractivity contribution < 1.29 is 14.7 Å². The summed E-state index contributed by atoms with van der Waals surface area (Å²) in [7, 11) is 0. The number of carbonyl (C=O) groups is 2. The van der Waals surface area contributed by atoms with E-state index in [-0.39, 0.29) is 5.91 Å². The smallest absolute Gasteiger partial charge is 0.326 e. The van der Waals surface area contributed by atoms with Gasteiger partial charge in [0.25, 0.3) is 5.91 Å². The molecule has 0 aliphatic carbocycles. The quantitative estimate of drug-likeness (QED) is 0.762. The van der Waals surface area contributed by atoms with Crippen molar-refractivity contribution in [3.05, 3.63) is 18.0 Å². The number of carboxylic acid groups (broad SMARTS) is 1. The normalized spacial score (nSPS) is 12.4. The van der Waals surface area contributed by atoms with Gasteiger partial charge in [-0.1, -0.05) is 33.6 Å². The van der Waals surface area contributed by atoms with Crippen LogP contribution < -0.4 is 5.32 Å². The van der Waals surface area contributed by atoms with Gasteiger partial charge in [-0.25, -0.2) is 4.79 Å². The maximum Gasteiger partial charge on any atom is 0.326 e. The molecule has 20 heavy (non-hydrogen) atoms. The molecule has 0 aliphatic heterocycles. The Morgan fingerprint density at radius 3 is 2.70 bits per heavy atom. The van der Waals surface area contributed by atoms with E-state index in [1.54, 1.807) is 10.9 Å². The van der Waals surface area contributed by atoms with Crippen LogP contribution in [0.4, 0.5) is 0 Å². The van der Waals surface area contributed by atoms with Crippen LogP contribution in [0.5, 0.6) is 0 Å². The number of carboxylic acids is 1. The highest BCUT2D eigenvalue weighted by molar-refractivity contribution is 5.96. The summed E-state index contributed by atoms with van der Waals surface area (Å²) in [6.07, 6.45) is 5.22. The zero-order valence-corrected chi connectivity index (χ0v) is 12.3. The van der Waals surface area contributed by atoms with E-state index in [9.17, 15) is 9.59 Å². The number of aromatic nitrogens is 2. The molecule has 0 bridgehead atoms. The molecule has 0 saturated heterocycles. The van der Waals surface area contributed by atoms with E-state index in [0.29, 0.717) is 17.9 Å². The van der Waals surface area contributed by atoms with Crippen LogP contribution in [0.2, 0.25) is 0 Å². The number of nitrogens with one attached hydrogen (secondary N) is 1. The Kier molecular flexibility index (Phi) is 6.21. The number of hydrogen-bond acceptors (Lipinski definition) is 3. The molecule has 1 amide bonds. The van der Waals surface area contributed by atoms with Crippen LogP contribution in [0.25, 0.3) is 0 Å². The van der Waals surface area contributed by atoms with Gasteiger partial charge in [-0.3, -0.25) is 9.48 Å². The molecule has 1 rings (SSSR count). The Balaban J connectivity index is 2.64. The molecule has 2 N–H and O–H groups in total. The van der Waals surface area contributed by atoms with Gasteiger partial charge in [0.15, 0.2) is 0 Å². The molecule has 0 fully saturated rings. The monoisotopic (exact) mass is 281 g/mol. The van der Waals surface area contributed by atoms with E-state index < -0.39 is 12.0 Å². The molecule has 0 spiro atoms. The molecule has 0 aromatic carbocycles. The van der Waals surface area contributed by atoms with Crippen LogP contribution in [-0.4, -0.2) is 32.8 Å². The molecule has 1 heterocycles. The molecular weight excluding hydrogens is 258 g/mol. The predicted octanol–water partition coefficient (Wildman–Crippen LogP) is 1.91. The Hall–Kier alpha value is -1.85. The number of rotatable bonds is 8. The molecule has 0 radical (unpaired) electrons. The number of carbonyl (C=O) groups excluding carboxylic acids is 1. The third kappa shape index (κ3) is 5.03. The summed E-state index contributed by atoms with van der Waals surface area (Å²) in [5.74, 6) is -0.952. The molecule has 6 nitrogen and oxygen atoms in total. The van der Waals surface area contributed by atoms with Crippen LogP contribution >= 0.6 is 0 Å². The molecular formula is C14H23N3O3. The third-order valence-electron chi connectivity index (χ3n) is 2.90. The summed E-state index contributed by atoms with van der Waals surface area (Å²) < 4.78 is 1.70. The van der Waals surface area contributed by atoms with Crippen molar-refractivity contribution in [2.24, 2.45) is 5.92 Å². The van der Waals surface area contributed by atoms with Crippen molar-refractivity contribution in [2.75, 3.05) is 0 Å². The zero-order valence-electron chi connectivity index (χ0n) is 12.3. The summed E-state index contributed by atoms with van der Waals surface area (Å²) in [5.41, 5.74) is 0.397. The second-order valence-corrected chi connectivity index (χ2v) is 5.35. The van der Waals surface area contributed by atoms with Gasteiger partial charge in [-0.15, -0.1) is 0 Å². The van der Waals surface area contributed by atoms with E-state index in [1.165, 1.54) is 6.20 Å².